The van der Waals surface area contributed by atoms with Crippen LogP contribution in [0, 0.1) is 5.41 Å². The molecule has 0 radical (unpaired) electrons. The second-order valence-electron chi connectivity index (χ2n) is 5.35. The van der Waals surface area contributed by atoms with Crippen LogP contribution >= 0.6 is 15.9 Å². The van der Waals surface area contributed by atoms with Crippen LogP contribution in [0.5, 0.6) is 11.5 Å². The van der Waals surface area contributed by atoms with Gasteiger partial charge in [0.05, 0.1) is 25.3 Å². The molecule has 0 saturated heterocycles. The van der Waals surface area contributed by atoms with Crippen LogP contribution in [0.1, 0.15) is 25.7 Å². The molecule has 1 amide bonds. The molecule has 22 heavy (non-hydrogen) atoms. The van der Waals surface area contributed by atoms with Crippen molar-refractivity contribution in [3.63, 3.8) is 0 Å². The fourth-order valence-corrected chi connectivity index (χ4v) is 2.94. The predicted molar refractivity (Wildman–Crippen MR) is 84.4 cm³/mol. The summed E-state index contributed by atoms with van der Waals surface area (Å²) in [5, 5.41) is 12.0. The van der Waals surface area contributed by atoms with E-state index in [-0.39, 0.29) is 12.3 Å². The van der Waals surface area contributed by atoms with E-state index in [9.17, 15) is 14.7 Å². The number of carboxylic acid groups (broad SMARTS) is 1. The van der Waals surface area contributed by atoms with Crippen LogP contribution in [0.2, 0.25) is 0 Å². The normalized spacial score (nSPS) is 15.6. The number of carbonyl (C=O) groups is 2. The predicted octanol–water partition coefficient (Wildman–Crippen LogP) is 3.05. The van der Waals surface area contributed by atoms with Crippen molar-refractivity contribution >= 4 is 33.5 Å². The van der Waals surface area contributed by atoms with Gasteiger partial charge in [-0.3, -0.25) is 9.59 Å². The number of ether oxygens (including phenoxy) is 2. The number of carboxylic acids is 1. The highest BCUT2D eigenvalue weighted by atomic mass is 79.9. The fraction of sp³-hybridized carbons (Fsp3) is 0.467. The smallest absolute Gasteiger partial charge is 0.310 e. The van der Waals surface area contributed by atoms with Gasteiger partial charge < -0.3 is 19.9 Å². The van der Waals surface area contributed by atoms with Gasteiger partial charge in [-0.2, -0.15) is 0 Å². The fourth-order valence-electron chi connectivity index (χ4n) is 2.52. The monoisotopic (exact) mass is 371 g/mol. The van der Waals surface area contributed by atoms with E-state index in [1.54, 1.807) is 12.1 Å². The van der Waals surface area contributed by atoms with Crippen LogP contribution in [-0.4, -0.2) is 31.2 Å². The standard InChI is InChI=1S/C15H18BrNO5/c1-21-11-6-9(16)10(7-12(11)22-2)17-13(18)8-15(14(19)20)4-3-5-15/h6-7H,3-5,8H2,1-2H3,(H,17,18)(H,19,20). The summed E-state index contributed by atoms with van der Waals surface area (Å²) in [5.41, 5.74) is -0.393. The lowest BCUT2D eigenvalue weighted by atomic mass is 9.66. The first-order chi connectivity index (χ1) is 10.4. The third-order valence-electron chi connectivity index (χ3n) is 4.01. The van der Waals surface area contributed by atoms with Crippen molar-refractivity contribution in [1.82, 2.24) is 0 Å². The Labute approximate surface area is 136 Å². The minimum absolute atomic E-state index is 0.0247. The molecule has 2 N–H and O–H groups in total. The number of hydrogen-bond acceptors (Lipinski definition) is 4. The molecule has 0 atom stereocenters. The van der Waals surface area contributed by atoms with Gasteiger partial charge >= 0.3 is 5.97 Å². The second-order valence-corrected chi connectivity index (χ2v) is 6.21. The van der Waals surface area contributed by atoms with Crippen molar-refractivity contribution in [2.24, 2.45) is 5.41 Å². The molecular formula is C15H18BrNO5. The molecule has 0 unspecified atom stereocenters. The first kappa shape index (κ1) is 16.6. The summed E-state index contributed by atoms with van der Waals surface area (Å²) in [4.78, 5) is 23.5. The molecule has 1 aliphatic carbocycles. The Morgan fingerprint density at radius 1 is 1.27 bits per heavy atom. The summed E-state index contributed by atoms with van der Waals surface area (Å²) in [6.07, 6.45) is 1.91. The molecule has 7 heteroatoms. The van der Waals surface area contributed by atoms with Gasteiger partial charge in [0.2, 0.25) is 5.91 Å². The highest BCUT2D eigenvalue weighted by Gasteiger charge is 2.45. The summed E-state index contributed by atoms with van der Waals surface area (Å²) in [6, 6.07) is 3.32. The van der Waals surface area contributed by atoms with E-state index < -0.39 is 11.4 Å². The van der Waals surface area contributed by atoms with Crippen molar-refractivity contribution < 1.29 is 24.2 Å². The lowest BCUT2D eigenvalue weighted by molar-refractivity contribution is -0.157. The van der Waals surface area contributed by atoms with E-state index in [0.717, 1.165) is 6.42 Å². The highest BCUT2D eigenvalue weighted by Crippen LogP contribution is 2.44. The van der Waals surface area contributed by atoms with E-state index in [1.807, 2.05) is 0 Å². The summed E-state index contributed by atoms with van der Waals surface area (Å²) in [6.45, 7) is 0. The first-order valence-electron chi connectivity index (χ1n) is 6.86. The van der Waals surface area contributed by atoms with Gasteiger partial charge in [0.25, 0.3) is 0 Å². The lowest BCUT2D eigenvalue weighted by Crippen LogP contribution is -2.41. The molecule has 1 aliphatic rings. The van der Waals surface area contributed by atoms with E-state index >= 15 is 0 Å². The molecular weight excluding hydrogens is 354 g/mol. The quantitative estimate of drug-likeness (QED) is 0.802. The van der Waals surface area contributed by atoms with Crippen LogP contribution in [0.3, 0.4) is 0 Å². The van der Waals surface area contributed by atoms with E-state index in [0.29, 0.717) is 34.5 Å². The van der Waals surface area contributed by atoms with Crippen molar-refractivity contribution in [1.29, 1.82) is 0 Å². The highest BCUT2D eigenvalue weighted by molar-refractivity contribution is 9.10. The van der Waals surface area contributed by atoms with Crippen molar-refractivity contribution in [2.75, 3.05) is 19.5 Å². The zero-order valence-corrected chi connectivity index (χ0v) is 14.0. The number of rotatable bonds is 6. The second kappa shape index (κ2) is 6.56. The third-order valence-corrected chi connectivity index (χ3v) is 4.67. The SMILES string of the molecule is COc1cc(Br)c(NC(=O)CC2(C(=O)O)CCC2)cc1OC. The Hall–Kier alpha value is -1.76. The molecule has 0 aromatic heterocycles. The Bertz CT molecular complexity index is 598. The number of amides is 1. The minimum Gasteiger partial charge on any atom is -0.493 e. The molecule has 0 bridgehead atoms. The Morgan fingerprint density at radius 2 is 1.86 bits per heavy atom. The summed E-state index contributed by atoms with van der Waals surface area (Å²) >= 11 is 3.35. The number of carbonyl (C=O) groups excluding carboxylic acids is 1. The number of benzene rings is 1. The number of methoxy groups -OCH3 is 2. The molecule has 120 valence electrons. The molecule has 0 heterocycles. The third kappa shape index (κ3) is 3.19. The van der Waals surface area contributed by atoms with Crippen LogP contribution in [0.25, 0.3) is 0 Å². The van der Waals surface area contributed by atoms with Gasteiger partial charge in [-0.1, -0.05) is 6.42 Å². The van der Waals surface area contributed by atoms with Crippen molar-refractivity contribution in [3.8, 4) is 11.5 Å². The van der Waals surface area contributed by atoms with Crippen molar-refractivity contribution in [2.45, 2.75) is 25.7 Å². The molecule has 1 aromatic carbocycles. The van der Waals surface area contributed by atoms with Crippen LogP contribution in [0.15, 0.2) is 16.6 Å². The first-order valence-corrected chi connectivity index (χ1v) is 7.66. The topological polar surface area (TPSA) is 84.9 Å². The van der Waals surface area contributed by atoms with Crippen LogP contribution < -0.4 is 14.8 Å². The maximum Gasteiger partial charge on any atom is 0.310 e. The van der Waals surface area contributed by atoms with Gasteiger partial charge in [0, 0.05) is 23.0 Å². The number of hydrogen-bond donors (Lipinski definition) is 2. The Kier molecular flexibility index (Phi) is 4.95. The van der Waals surface area contributed by atoms with Gasteiger partial charge in [-0.25, -0.2) is 0 Å². The Morgan fingerprint density at radius 3 is 2.32 bits per heavy atom. The molecule has 6 nitrogen and oxygen atoms in total. The van der Waals surface area contributed by atoms with Gasteiger partial charge in [0.1, 0.15) is 0 Å². The van der Waals surface area contributed by atoms with Gasteiger partial charge in [-0.15, -0.1) is 0 Å². The molecule has 1 aromatic rings. The zero-order valence-electron chi connectivity index (χ0n) is 12.4. The number of aliphatic carboxylic acids is 1. The van der Waals surface area contributed by atoms with Crippen LogP contribution in [-0.2, 0) is 9.59 Å². The Balaban J connectivity index is 2.13. The van der Waals surface area contributed by atoms with Crippen molar-refractivity contribution in [3.05, 3.63) is 16.6 Å². The largest absolute Gasteiger partial charge is 0.493 e. The maximum atomic E-state index is 12.2. The molecule has 1 saturated carbocycles. The zero-order chi connectivity index (χ0) is 16.3. The summed E-state index contributed by atoms with van der Waals surface area (Å²) in [5.74, 6) is -0.207. The average Bonchev–Trinajstić information content (AvgIpc) is 2.44. The van der Waals surface area contributed by atoms with E-state index in [2.05, 4.69) is 21.2 Å². The lowest BCUT2D eigenvalue weighted by Gasteiger charge is -2.36. The van der Waals surface area contributed by atoms with E-state index in [4.69, 9.17) is 9.47 Å². The molecule has 2 rings (SSSR count). The molecule has 0 aliphatic heterocycles. The molecule has 1 fully saturated rings. The minimum atomic E-state index is -0.910. The number of anilines is 1. The van der Waals surface area contributed by atoms with E-state index in [1.165, 1.54) is 14.2 Å². The molecule has 0 spiro atoms. The number of halogens is 1. The summed E-state index contributed by atoms with van der Waals surface area (Å²) < 4.78 is 11.0. The maximum absolute atomic E-state index is 12.2. The average molecular weight is 372 g/mol. The van der Waals surface area contributed by atoms with Gasteiger partial charge in [0.15, 0.2) is 11.5 Å². The number of nitrogens with one attached hydrogen (secondary N) is 1. The summed E-state index contributed by atoms with van der Waals surface area (Å²) in [7, 11) is 3.03. The van der Waals surface area contributed by atoms with Crippen LogP contribution in [0.4, 0.5) is 5.69 Å². The van der Waals surface area contributed by atoms with Gasteiger partial charge in [-0.05, 0) is 28.8 Å².